The first-order chi connectivity index (χ1) is 16.8. The minimum Gasteiger partial charge on any atom is -0.493 e. The van der Waals surface area contributed by atoms with Crippen molar-refractivity contribution in [2.45, 2.75) is 31.1 Å². The summed E-state index contributed by atoms with van der Waals surface area (Å²) in [6.45, 7) is 0. The highest BCUT2D eigenvalue weighted by Gasteiger charge is 2.30. The van der Waals surface area contributed by atoms with Crippen LogP contribution in [0.2, 0.25) is 0 Å². The van der Waals surface area contributed by atoms with Gasteiger partial charge in [-0.1, -0.05) is 48.5 Å². The molecule has 3 rings (SSSR count). The minimum absolute atomic E-state index is 0.198. The molecule has 0 bridgehead atoms. The average molecular weight is 487 g/mol. The number of hydrogen-bond donors (Lipinski definition) is 2. The van der Waals surface area contributed by atoms with E-state index in [0.717, 1.165) is 28.8 Å². The maximum atomic E-state index is 12.9. The first-order valence-corrected chi connectivity index (χ1v) is 11.2. The SMILES string of the molecule is CNC(=O)C(NC(CCc1ccc(C(F)(F)F)cc1)c1ccc(OC)c(OC)c1)c1ccccc1. The number of amides is 1. The summed E-state index contributed by atoms with van der Waals surface area (Å²) >= 11 is 0. The third kappa shape index (κ3) is 6.76. The summed E-state index contributed by atoms with van der Waals surface area (Å²) in [7, 11) is 4.67. The number of halogens is 3. The summed E-state index contributed by atoms with van der Waals surface area (Å²) in [6, 6.07) is 19.1. The van der Waals surface area contributed by atoms with E-state index < -0.39 is 17.8 Å². The van der Waals surface area contributed by atoms with Gasteiger partial charge in [0.05, 0.1) is 19.8 Å². The summed E-state index contributed by atoms with van der Waals surface area (Å²) in [4.78, 5) is 12.8. The fourth-order valence-electron chi connectivity index (χ4n) is 3.90. The van der Waals surface area contributed by atoms with Crippen LogP contribution in [-0.4, -0.2) is 27.2 Å². The van der Waals surface area contributed by atoms with Gasteiger partial charge in [-0.3, -0.25) is 10.1 Å². The van der Waals surface area contributed by atoms with E-state index in [-0.39, 0.29) is 11.9 Å². The number of aryl methyl sites for hydroxylation is 1. The van der Waals surface area contributed by atoms with Gasteiger partial charge in [-0.25, -0.2) is 0 Å². The molecule has 0 radical (unpaired) electrons. The largest absolute Gasteiger partial charge is 0.493 e. The lowest BCUT2D eigenvalue weighted by Gasteiger charge is -2.26. The zero-order chi connectivity index (χ0) is 25.4. The van der Waals surface area contributed by atoms with E-state index >= 15 is 0 Å². The Morgan fingerprint density at radius 2 is 1.54 bits per heavy atom. The third-order valence-electron chi connectivity index (χ3n) is 5.82. The Kier molecular flexibility index (Phi) is 8.76. The Hall–Kier alpha value is -3.52. The summed E-state index contributed by atoms with van der Waals surface area (Å²) < 4.78 is 49.6. The fourth-order valence-corrected chi connectivity index (χ4v) is 3.90. The maximum Gasteiger partial charge on any atom is 0.416 e. The molecule has 2 unspecified atom stereocenters. The van der Waals surface area contributed by atoms with Crippen molar-refractivity contribution < 1.29 is 27.4 Å². The summed E-state index contributed by atoms with van der Waals surface area (Å²) in [6.07, 6.45) is -3.35. The van der Waals surface area contributed by atoms with E-state index in [1.54, 1.807) is 27.3 Å². The molecule has 0 aromatic heterocycles. The smallest absolute Gasteiger partial charge is 0.416 e. The fraction of sp³-hybridized carbons (Fsp3) is 0.296. The molecular formula is C27H29F3N2O3. The highest BCUT2D eigenvalue weighted by Crippen LogP contribution is 2.33. The lowest BCUT2D eigenvalue weighted by molar-refractivity contribution is -0.137. The topological polar surface area (TPSA) is 59.6 Å². The Labute approximate surface area is 203 Å². The third-order valence-corrected chi connectivity index (χ3v) is 5.82. The van der Waals surface area contributed by atoms with Crippen molar-refractivity contribution in [3.05, 3.63) is 95.1 Å². The van der Waals surface area contributed by atoms with Crippen molar-refractivity contribution in [1.82, 2.24) is 10.6 Å². The Bertz CT molecular complexity index is 1100. The number of alkyl halides is 3. The van der Waals surface area contributed by atoms with Crippen molar-refractivity contribution >= 4 is 5.91 Å². The summed E-state index contributed by atoms with van der Waals surface area (Å²) in [5, 5.41) is 6.15. The normalized spacial score (nSPS) is 13.1. The first-order valence-electron chi connectivity index (χ1n) is 11.2. The van der Waals surface area contributed by atoms with Crippen molar-refractivity contribution in [3.8, 4) is 11.5 Å². The predicted octanol–water partition coefficient (Wildman–Crippen LogP) is 5.47. The van der Waals surface area contributed by atoms with Crippen LogP contribution in [0.5, 0.6) is 11.5 Å². The number of ether oxygens (including phenoxy) is 2. The molecule has 0 saturated carbocycles. The van der Waals surface area contributed by atoms with Gasteiger partial charge in [0.1, 0.15) is 6.04 Å². The Morgan fingerprint density at radius 3 is 2.11 bits per heavy atom. The number of hydrogen-bond acceptors (Lipinski definition) is 4. The second kappa shape index (κ2) is 11.8. The highest BCUT2D eigenvalue weighted by molar-refractivity contribution is 5.83. The molecule has 0 aliphatic rings. The quantitative estimate of drug-likeness (QED) is 0.399. The maximum absolute atomic E-state index is 12.9. The number of carbonyl (C=O) groups is 1. The second-order valence-electron chi connectivity index (χ2n) is 8.02. The number of benzene rings is 3. The number of methoxy groups -OCH3 is 2. The average Bonchev–Trinajstić information content (AvgIpc) is 2.88. The van der Waals surface area contributed by atoms with E-state index in [9.17, 15) is 18.0 Å². The molecule has 3 aromatic rings. The van der Waals surface area contributed by atoms with Gasteiger partial charge in [0.15, 0.2) is 11.5 Å². The van der Waals surface area contributed by atoms with E-state index in [4.69, 9.17) is 9.47 Å². The highest BCUT2D eigenvalue weighted by atomic mass is 19.4. The zero-order valence-corrected chi connectivity index (χ0v) is 19.9. The first kappa shape index (κ1) is 26.1. The monoisotopic (exact) mass is 486 g/mol. The van der Waals surface area contributed by atoms with Gasteiger partial charge in [0, 0.05) is 13.1 Å². The molecule has 186 valence electrons. The van der Waals surface area contributed by atoms with Crippen LogP contribution in [0.4, 0.5) is 13.2 Å². The molecule has 0 heterocycles. The number of carbonyl (C=O) groups excluding carboxylic acids is 1. The molecular weight excluding hydrogens is 457 g/mol. The van der Waals surface area contributed by atoms with Gasteiger partial charge >= 0.3 is 6.18 Å². The van der Waals surface area contributed by atoms with Crippen LogP contribution in [0.1, 0.15) is 40.8 Å². The van der Waals surface area contributed by atoms with Crippen LogP contribution < -0.4 is 20.1 Å². The molecule has 3 aromatic carbocycles. The number of rotatable bonds is 10. The van der Waals surface area contributed by atoms with Crippen LogP contribution >= 0.6 is 0 Å². The number of nitrogens with one attached hydrogen (secondary N) is 2. The van der Waals surface area contributed by atoms with Gasteiger partial charge in [0.2, 0.25) is 5.91 Å². The lowest BCUT2D eigenvalue weighted by Crippen LogP contribution is -2.38. The molecule has 0 saturated heterocycles. The minimum atomic E-state index is -4.38. The van der Waals surface area contributed by atoms with E-state index in [0.29, 0.717) is 24.3 Å². The van der Waals surface area contributed by atoms with Gasteiger partial charge < -0.3 is 14.8 Å². The van der Waals surface area contributed by atoms with Crippen LogP contribution in [0.15, 0.2) is 72.8 Å². The van der Waals surface area contributed by atoms with Crippen LogP contribution in [-0.2, 0) is 17.4 Å². The van der Waals surface area contributed by atoms with Gasteiger partial charge in [-0.05, 0) is 53.8 Å². The standard InChI is InChI=1S/C27H29F3N2O3/c1-31-26(33)25(19-7-5-4-6-8-19)32-22(20-12-16-23(34-2)24(17-20)35-3)15-11-18-9-13-21(14-10-18)27(28,29)30/h4-10,12-14,16-17,22,25,32H,11,15H2,1-3H3,(H,31,33). The van der Waals surface area contributed by atoms with Crippen molar-refractivity contribution in [2.75, 3.05) is 21.3 Å². The molecule has 35 heavy (non-hydrogen) atoms. The zero-order valence-electron chi connectivity index (χ0n) is 19.9. The van der Waals surface area contributed by atoms with Crippen LogP contribution in [0.3, 0.4) is 0 Å². The molecule has 5 nitrogen and oxygen atoms in total. The molecule has 0 fully saturated rings. The van der Waals surface area contributed by atoms with Gasteiger partial charge in [0.25, 0.3) is 0 Å². The molecule has 0 aliphatic carbocycles. The van der Waals surface area contributed by atoms with E-state index in [1.165, 1.54) is 12.1 Å². The molecule has 0 aliphatic heterocycles. The van der Waals surface area contributed by atoms with Crippen molar-refractivity contribution in [2.24, 2.45) is 0 Å². The van der Waals surface area contributed by atoms with Crippen LogP contribution in [0, 0.1) is 0 Å². The Balaban J connectivity index is 1.91. The van der Waals surface area contributed by atoms with Crippen molar-refractivity contribution in [1.29, 1.82) is 0 Å². The Morgan fingerprint density at radius 1 is 0.886 bits per heavy atom. The van der Waals surface area contributed by atoms with Crippen molar-refractivity contribution in [3.63, 3.8) is 0 Å². The molecule has 8 heteroatoms. The molecule has 1 amide bonds. The lowest BCUT2D eigenvalue weighted by atomic mass is 9.95. The molecule has 0 spiro atoms. The molecule has 2 N–H and O–H groups in total. The summed E-state index contributed by atoms with van der Waals surface area (Å²) in [5.41, 5.74) is 1.74. The predicted molar refractivity (Wildman–Crippen MR) is 128 cm³/mol. The van der Waals surface area contributed by atoms with Gasteiger partial charge in [-0.2, -0.15) is 13.2 Å². The molecule has 2 atom stereocenters. The summed E-state index contributed by atoms with van der Waals surface area (Å²) in [5.74, 6) is 0.919. The second-order valence-corrected chi connectivity index (χ2v) is 8.02. The van der Waals surface area contributed by atoms with Gasteiger partial charge in [-0.15, -0.1) is 0 Å². The van der Waals surface area contributed by atoms with E-state index in [2.05, 4.69) is 10.6 Å². The van der Waals surface area contributed by atoms with E-state index in [1.807, 2.05) is 42.5 Å². The number of likely N-dealkylation sites (N-methyl/N-ethyl adjacent to an activating group) is 1. The van der Waals surface area contributed by atoms with Crippen LogP contribution in [0.25, 0.3) is 0 Å².